The molecule has 0 saturated carbocycles. The van der Waals surface area contributed by atoms with Crippen LogP contribution in [0.15, 0.2) is 54.7 Å². The van der Waals surface area contributed by atoms with E-state index < -0.39 is 6.10 Å². The highest BCUT2D eigenvalue weighted by Gasteiger charge is 2.14. The molecule has 0 aliphatic carbocycles. The molecule has 0 saturated heterocycles. The molecule has 0 bridgehead atoms. The highest BCUT2D eigenvalue weighted by Crippen LogP contribution is 2.26. The fourth-order valence-electron chi connectivity index (χ4n) is 2.23. The van der Waals surface area contributed by atoms with Gasteiger partial charge in [0, 0.05) is 11.6 Å². The Balaban J connectivity index is 2.12. The van der Waals surface area contributed by atoms with Crippen molar-refractivity contribution in [3.8, 4) is 22.8 Å². The molecule has 1 atom stereocenters. The molecule has 0 amide bonds. The summed E-state index contributed by atoms with van der Waals surface area (Å²) in [7, 11) is 1.58. The molecule has 0 fully saturated rings. The molecule has 0 aliphatic heterocycles. The van der Waals surface area contributed by atoms with E-state index in [-0.39, 0.29) is 0 Å². The van der Waals surface area contributed by atoms with E-state index in [0.29, 0.717) is 11.6 Å². The molecule has 0 radical (unpaired) electrons. The number of ether oxygens (including phenoxy) is 1. The average molecular weight is 295 g/mol. The maximum atomic E-state index is 9.83. The summed E-state index contributed by atoms with van der Waals surface area (Å²) < 4.78 is 6.86. The number of methoxy groups -OCH3 is 1. The summed E-state index contributed by atoms with van der Waals surface area (Å²) in [6, 6.07) is 15.5. The van der Waals surface area contributed by atoms with Gasteiger partial charge in [0.15, 0.2) is 0 Å². The fraction of sp³-hybridized carbons (Fsp3) is 0.176. The molecular formula is C17H17N3O2. The Morgan fingerprint density at radius 1 is 1.14 bits per heavy atom. The first-order chi connectivity index (χ1) is 10.7. The lowest BCUT2D eigenvalue weighted by Crippen LogP contribution is -2.01. The van der Waals surface area contributed by atoms with Crippen LogP contribution in [0.1, 0.15) is 18.7 Å². The normalized spacial score (nSPS) is 12.1. The molecule has 2 aromatic heterocycles. The van der Waals surface area contributed by atoms with E-state index in [9.17, 15) is 5.11 Å². The van der Waals surface area contributed by atoms with Crippen molar-refractivity contribution in [1.82, 2.24) is 14.8 Å². The summed E-state index contributed by atoms with van der Waals surface area (Å²) >= 11 is 0. The lowest BCUT2D eigenvalue weighted by Gasteiger charge is -2.08. The zero-order chi connectivity index (χ0) is 15.5. The average Bonchev–Trinajstić information content (AvgIpc) is 3.01. The number of hydrogen-bond donors (Lipinski definition) is 1. The molecule has 1 aromatic carbocycles. The van der Waals surface area contributed by atoms with E-state index in [0.717, 1.165) is 16.9 Å². The molecule has 22 heavy (non-hydrogen) atoms. The topological polar surface area (TPSA) is 60.2 Å². The zero-order valence-corrected chi connectivity index (χ0v) is 12.5. The van der Waals surface area contributed by atoms with E-state index in [1.165, 1.54) is 0 Å². The van der Waals surface area contributed by atoms with Crippen molar-refractivity contribution >= 4 is 0 Å². The first-order valence-corrected chi connectivity index (χ1v) is 7.03. The van der Waals surface area contributed by atoms with Gasteiger partial charge in [0.05, 0.1) is 36.5 Å². The highest BCUT2D eigenvalue weighted by atomic mass is 16.5. The number of pyridine rings is 1. The molecule has 3 aromatic rings. The number of rotatable bonds is 4. The third-order valence-corrected chi connectivity index (χ3v) is 3.40. The largest absolute Gasteiger partial charge is 0.481 e. The van der Waals surface area contributed by atoms with Crippen LogP contribution in [0.3, 0.4) is 0 Å². The SMILES string of the molecule is COc1ccc(-n2nc(C(C)O)cc2-c2ccccc2)cn1. The summed E-state index contributed by atoms with van der Waals surface area (Å²) in [5.74, 6) is 0.549. The van der Waals surface area contributed by atoms with Crippen molar-refractivity contribution in [2.24, 2.45) is 0 Å². The molecule has 5 nitrogen and oxygen atoms in total. The molecule has 5 heteroatoms. The summed E-state index contributed by atoms with van der Waals surface area (Å²) in [4.78, 5) is 4.22. The molecule has 2 heterocycles. The number of nitrogens with zero attached hydrogens (tertiary/aromatic N) is 3. The van der Waals surface area contributed by atoms with E-state index in [4.69, 9.17) is 4.74 Å². The van der Waals surface area contributed by atoms with Gasteiger partial charge in [-0.05, 0) is 19.1 Å². The Kier molecular flexibility index (Phi) is 3.89. The van der Waals surface area contributed by atoms with Gasteiger partial charge >= 0.3 is 0 Å². The van der Waals surface area contributed by atoms with Gasteiger partial charge in [-0.25, -0.2) is 9.67 Å². The Bertz CT molecular complexity index is 749. The quantitative estimate of drug-likeness (QED) is 0.804. The summed E-state index contributed by atoms with van der Waals surface area (Å²) in [5, 5.41) is 14.3. The minimum Gasteiger partial charge on any atom is -0.481 e. The zero-order valence-electron chi connectivity index (χ0n) is 12.5. The van der Waals surface area contributed by atoms with Crippen LogP contribution in [0.4, 0.5) is 0 Å². The predicted molar refractivity (Wildman–Crippen MR) is 84.0 cm³/mol. The van der Waals surface area contributed by atoms with E-state index in [1.54, 1.807) is 31.0 Å². The van der Waals surface area contributed by atoms with Gasteiger partial charge in [-0.2, -0.15) is 5.10 Å². The van der Waals surface area contributed by atoms with Gasteiger partial charge in [0.1, 0.15) is 0 Å². The number of aromatic nitrogens is 3. The number of aliphatic hydroxyl groups excluding tert-OH is 1. The summed E-state index contributed by atoms with van der Waals surface area (Å²) in [6.07, 6.45) is 1.07. The van der Waals surface area contributed by atoms with Gasteiger partial charge in [-0.3, -0.25) is 0 Å². The Hall–Kier alpha value is -2.66. The van der Waals surface area contributed by atoms with Gasteiger partial charge < -0.3 is 9.84 Å². The third kappa shape index (κ3) is 2.71. The first-order valence-electron chi connectivity index (χ1n) is 7.03. The van der Waals surface area contributed by atoms with Crippen LogP contribution in [0, 0.1) is 0 Å². The van der Waals surface area contributed by atoms with Gasteiger partial charge in [0.25, 0.3) is 0 Å². The van der Waals surface area contributed by atoms with E-state index in [1.807, 2.05) is 42.5 Å². The molecular weight excluding hydrogens is 278 g/mol. The number of aliphatic hydroxyl groups is 1. The highest BCUT2D eigenvalue weighted by molar-refractivity contribution is 5.62. The van der Waals surface area contributed by atoms with Gasteiger partial charge in [-0.1, -0.05) is 30.3 Å². The third-order valence-electron chi connectivity index (χ3n) is 3.40. The molecule has 1 N–H and O–H groups in total. The number of benzene rings is 1. The van der Waals surface area contributed by atoms with Crippen molar-refractivity contribution in [3.63, 3.8) is 0 Å². The summed E-state index contributed by atoms with van der Waals surface area (Å²) in [6.45, 7) is 1.70. The van der Waals surface area contributed by atoms with E-state index in [2.05, 4.69) is 10.1 Å². The van der Waals surface area contributed by atoms with Crippen LogP contribution >= 0.6 is 0 Å². The lowest BCUT2D eigenvalue weighted by molar-refractivity contribution is 0.193. The van der Waals surface area contributed by atoms with Crippen LogP contribution in [0.2, 0.25) is 0 Å². The second-order valence-electron chi connectivity index (χ2n) is 4.97. The second kappa shape index (κ2) is 5.99. The molecule has 0 aliphatic rings. The fourth-order valence-corrected chi connectivity index (χ4v) is 2.23. The van der Waals surface area contributed by atoms with E-state index >= 15 is 0 Å². The Labute approximate surface area is 128 Å². The van der Waals surface area contributed by atoms with Crippen molar-refractivity contribution in [1.29, 1.82) is 0 Å². The van der Waals surface area contributed by atoms with Crippen LogP contribution in [-0.4, -0.2) is 27.0 Å². The van der Waals surface area contributed by atoms with Crippen molar-refractivity contribution in [2.45, 2.75) is 13.0 Å². The van der Waals surface area contributed by atoms with Gasteiger partial charge in [-0.15, -0.1) is 0 Å². The monoisotopic (exact) mass is 295 g/mol. The molecule has 3 rings (SSSR count). The minimum absolute atomic E-state index is 0.549. The van der Waals surface area contributed by atoms with Crippen LogP contribution in [-0.2, 0) is 0 Å². The van der Waals surface area contributed by atoms with Crippen molar-refractivity contribution in [2.75, 3.05) is 7.11 Å². The Morgan fingerprint density at radius 3 is 2.50 bits per heavy atom. The Morgan fingerprint density at radius 2 is 1.91 bits per heavy atom. The molecule has 0 spiro atoms. The first kappa shape index (κ1) is 14.3. The van der Waals surface area contributed by atoms with Crippen LogP contribution in [0.25, 0.3) is 16.9 Å². The maximum Gasteiger partial charge on any atom is 0.213 e. The number of hydrogen-bond acceptors (Lipinski definition) is 4. The second-order valence-corrected chi connectivity index (χ2v) is 4.97. The molecule has 1 unspecified atom stereocenters. The van der Waals surface area contributed by atoms with Gasteiger partial charge in [0.2, 0.25) is 5.88 Å². The summed E-state index contributed by atoms with van der Waals surface area (Å²) in [5.41, 5.74) is 3.36. The minimum atomic E-state index is -0.630. The smallest absolute Gasteiger partial charge is 0.213 e. The van der Waals surface area contributed by atoms with Crippen LogP contribution < -0.4 is 4.74 Å². The maximum absolute atomic E-state index is 9.83. The van der Waals surface area contributed by atoms with Crippen LogP contribution in [0.5, 0.6) is 5.88 Å². The lowest BCUT2D eigenvalue weighted by atomic mass is 10.1. The molecule has 112 valence electrons. The predicted octanol–water partition coefficient (Wildman–Crippen LogP) is 3.00. The standard InChI is InChI=1S/C17H17N3O2/c1-12(21)15-10-16(13-6-4-3-5-7-13)20(19-15)14-8-9-17(22-2)18-11-14/h3-12,21H,1-2H3. The van der Waals surface area contributed by atoms with Crippen molar-refractivity contribution in [3.05, 3.63) is 60.4 Å². The van der Waals surface area contributed by atoms with Crippen molar-refractivity contribution < 1.29 is 9.84 Å².